The van der Waals surface area contributed by atoms with Crippen LogP contribution in [0, 0.1) is 0 Å². The Hall–Kier alpha value is -0.580. The summed E-state index contributed by atoms with van der Waals surface area (Å²) < 4.78 is 0. The van der Waals surface area contributed by atoms with Crippen LogP contribution in [-0.2, 0) is 9.59 Å². The molecule has 1 aliphatic rings. The van der Waals surface area contributed by atoms with Gasteiger partial charge in [0.15, 0.2) is 0 Å². The normalized spacial score (nSPS) is 19.2. The molecular formula is C11H19BrN2O2. The first-order valence-corrected chi connectivity index (χ1v) is 6.68. The summed E-state index contributed by atoms with van der Waals surface area (Å²) in [6, 6.07) is 0. The molecular weight excluding hydrogens is 272 g/mol. The van der Waals surface area contributed by atoms with Gasteiger partial charge in [0.1, 0.15) is 0 Å². The molecule has 1 unspecified atom stereocenters. The average molecular weight is 291 g/mol. The lowest BCUT2D eigenvalue weighted by atomic mass is 10.3. The Morgan fingerprint density at radius 1 is 1.19 bits per heavy atom. The minimum absolute atomic E-state index is 0.116. The van der Waals surface area contributed by atoms with E-state index in [1.807, 2.05) is 23.6 Å². The highest BCUT2D eigenvalue weighted by atomic mass is 79.9. The first-order valence-electron chi connectivity index (χ1n) is 5.77. The number of carbonyl (C=O) groups is 2. The number of carbonyl (C=O) groups excluding carboxylic acids is 2. The molecule has 1 saturated heterocycles. The molecule has 1 atom stereocenters. The summed E-state index contributed by atoms with van der Waals surface area (Å²) in [7, 11) is 0. The van der Waals surface area contributed by atoms with Crippen molar-refractivity contribution in [2.24, 2.45) is 0 Å². The molecule has 0 aromatic heterocycles. The van der Waals surface area contributed by atoms with Crippen molar-refractivity contribution in [2.45, 2.75) is 31.5 Å². The second-order valence-electron chi connectivity index (χ2n) is 4.03. The zero-order valence-corrected chi connectivity index (χ0v) is 11.5. The molecule has 5 heteroatoms. The van der Waals surface area contributed by atoms with Crippen LogP contribution in [0.4, 0.5) is 0 Å². The molecule has 2 amide bonds. The number of hydrogen-bond acceptors (Lipinski definition) is 2. The third kappa shape index (κ3) is 3.47. The molecule has 1 heterocycles. The largest absolute Gasteiger partial charge is 0.341 e. The van der Waals surface area contributed by atoms with Crippen LogP contribution in [-0.4, -0.2) is 52.6 Å². The SMILES string of the molecule is CCC(=O)N1CCCN(C(=O)C(C)Br)CC1. The predicted octanol–water partition coefficient (Wildman–Crippen LogP) is 1.24. The van der Waals surface area contributed by atoms with Gasteiger partial charge < -0.3 is 9.80 Å². The molecule has 0 aromatic rings. The second-order valence-corrected chi connectivity index (χ2v) is 5.40. The highest BCUT2D eigenvalue weighted by Gasteiger charge is 2.23. The maximum absolute atomic E-state index is 11.8. The quantitative estimate of drug-likeness (QED) is 0.718. The zero-order valence-electron chi connectivity index (χ0n) is 9.91. The number of halogens is 1. The first-order chi connectivity index (χ1) is 7.56. The topological polar surface area (TPSA) is 40.6 Å². The Morgan fingerprint density at radius 3 is 2.31 bits per heavy atom. The fraction of sp³-hybridized carbons (Fsp3) is 0.818. The van der Waals surface area contributed by atoms with Crippen LogP contribution < -0.4 is 0 Å². The molecule has 0 aromatic carbocycles. The van der Waals surface area contributed by atoms with Crippen LogP contribution in [0.25, 0.3) is 0 Å². The molecule has 1 rings (SSSR count). The minimum atomic E-state index is -0.138. The van der Waals surface area contributed by atoms with E-state index < -0.39 is 0 Å². The van der Waals surface area contributed by atoms with Gasteiger partial charge in [0.25, 0.3) is 0 Å². The third-order valence-corrected chi connectivity index (χ3v) is 3.19. The van der Waals surface area contributed by atoms with Crippen molar-refractivity contribution in [3.8, 4) is 0 Å². The van der Waals surface area contributed by atoms with E-state index in [4.69, 9.17) is 0 Å². The lowest BCUT2D eigenvalue weighted by Gasteiger charge is -2.22. The van der Waals surface area contributed by atoms with Gasteiger partial charge in [0, 0.05) is 32.6 Å². The van der Waals surface area contributed by atoms with Gasteiger partial charge in [-0.05, 0) is 13.3 Å². The second kappa shape index (κ2) is 6.23. The molecule has 0 N–H and O–H groups in total. The van der Waals surface area contributed by atoms with Gasteiger partial charge in [0.2, 0.25) is 11.8 Å². The number of nitrogens with zero attached hydrogens (tertiary/aromatic N) is 2. The van der Waals surface area contributed by atoms with Gasteiger partial charge in [-0.25, -0.2) is 0 Å². The fourth-order valence-corrected chi connectivity index (χ4v) is 2.15. The van der Waals surface area contributed by atoms with Gasteiger partial charge in [0.05, 0.1) is 4.83 Å². The Kier molecular flexibility index (Phi) is 5.25. The molecule has 4 nitrogen and oxygen atoms in total. The van der Waals surface area contributed by atoms with E-state index in [0.29, 0.717) is 19.5 Å². The molecule has 92 valence electrons. The van der Waals surface area contributed by atoms with E-state index >= 15 is 0 Å². The van der Waals surface area contributed by atoms with Crippen molar-refractivity contribution in [3.63, 3.8) is 0 Å². The lowest BCUT2D eigenvalue weighted by molar-refractivity contribution is -0.132. The van der Waals surface area contributed by atoms with Gasteiger partial charge in [-0.2, -0.15) is 0 Å². The van der Waals surface area contributed by atoms with Crippen molar-refractivity contribution in [1.82, 2.24) is 9.80 Å². The van der Waals surface area contributed by atoms with E-state index in [0.717, 1.165) is 19.5 Å². The Morgan fingerprint density at radius 2 is 1.75 bits per heavy atom. The third-order valence-electron chi connectivity index (χ3n) is 2.80. The van der Waals surface area contributed by atoms with Crippen molar-refractivity contribution in [3.05, 3.63) is 0 Å². The number of alkyl halides is 1. The van der Waals surface area contributed by atoms with E-state index in [2.05, 4.69) is 15.9 Å². The van der Waals surface area contributed by atoms with Crippen LogP contribution in [0.2, 0.25) is 0 Å². The molecule has 0 spiro atoms. The summed E-state index contributed by atoms with van der Waals surface area (Å²) in [4.78, 5) is 26.9. The van der Waals surface area contributed by atoms with Crippen LogP contribution >= 0.6 is 15.9 Å². The lowest BCUT2D eigenvalue weighted by Crippen LogP contribution is -2.39. The van der Waals surface area contributed by atoms with Crippen molar-refractivity contribution in [2.75, 3.05) is 26.2 Å². The fourth-order valence-electron chi connectivity index (χ4n) is 1.86. The Bertz CT molecular complexity index is 269. The van der Waals surface area contributed by atoms with Crippen LogP contribution in [0.1, 0.15) is 26.7 Å². The first kappa shape index (κ1) is 13.5. The van der Waals surface area contributed by atoms with Crippen molar-refractivity contribution >= 4 is 27.7 Å². The van der Waals surface area contributed by atoms with Gasteiger partial charge in [-0.15, -0.1) is 0 Å². The Labute approximate surface area is 105 Å². The molecule has 0 bridgehead atoms. The molecule has 0 saturated carbocycles. The van der Waals surface area contributed by atoms with E-state index in [-0.39, 0.29) is 16.6 Å². The predicted molar refractivity (Wildman–Crippen MR) is 66.5 cm³/mol. The molecule has 0 aliphatic carbocycles. The van der Waals surface area contributed by atoms with Crippen LogP contribution in [0.5, 0.6) is 0 Å². The number of amides is 2. The van der Waals surface area contributed by atoms with E-state index in [1.165, 1.54) is 0 Å². The summed E-state index contributed by atoms with van der Waals surface area (Å²) in [6.07, 6.45) is 1.42. The van der Waals surface area contributed by atoms with Gasteiger partial charge >= 0.3 is 0 Å². The van der Waals surface area contributed by atoms with Crippen molar-refractivity contribution in [1.29, 1.82) is 0 Å². The van der Waals surface area contributed by atoms with E-state index in [9.17, 15) is 9.59 Å². The molecule has 0 radical (unpaired) electrons. The van der Waals surface area contributed by atoms with Crippen LogP contribution in [0.15, 0.2) is 0 Å². The molecule has 1 fully saturated rings. The summed E-state index contributed by atoms with van der Waals surface area (Å²) in [5, 5.41) is 0. The number of hydrogen-bond donors (Lipinski definition) is 0. The van der Waals surface area contributed by atoms with Gasteiger partial charge in [-0.1, -0.05) is 22.9 Å². The summed E-state index contributed by atoms with van der Waals surface area (Å²) in [6.45, 7) is 6.55. The summed E-state index contributed by atoms with van der Waals surface area (Å²) in [5.41, 5.74) is 0. The Balaban J connectivity index is 2.52. The number of rotatable bonds is 2. The standard InChI is InChI=1S/C11H19BrN2O2/c1-3-10(15)13-5-4-6-14(8-7-13)11(16)9(2)12/h9H,3-8H2,1-2H3. The zero-order chi connectivity index (χ0) is 12.1. The highest BCUT2D eigenvalue weighted by Crippen LogP contribution is 2.09. The minimum Gasteiger partial charge on any atom is -0.341 e. The summed E-state index contributed by atoms with van der Waals surface area (Å²) >= 11 is 3.29. The average Bonchev–Trinajstić information content (AvgIpc) is 2.52. The highest BCUT2D eigenvalue weighted by molar-refractivity contribution is 9.10. The van der Waals surface area contributed by atoms with E-state index in [1.54, 1.807) is 0 Å². The van der Waals surface area contributed by atoms with Crippen LogP contribution in [0.3, 0.4) is 0 Å². The van der Waals surface area contributed by atoms with Gasteiger partial charge in [-0.3, -0.25) is 9.59 Å². The summed E-state index contributed by atoms with van der Waals surface area (Å²) in [5.74, 6) is 0.298. The van der Waals surface area contributed by atoms with Crippen molar-refractivity contribution < 1.29 is 9.59 Å². The maximum atomic E-state index is 11.8. The maximum Gasteiger partial charge on any atom is 0.236 e. The monoisotopic (exact) mass is 290 g/mol. The smallest absolute Gasteiger partial charge is 0.236 e. The molecule has 1 aliphatic heterocycles. The molecule has 16 heavy (non-hydrogen) atoms.